The summed E-state index contributed by atoms with van der Waals surface area (Å²) in [6.45, 7) is 1.95. The number of anilines is 1. The summed E-state index contributed by atoms with van der Waals surface area (Å²) in [5.41, 5.74) is 9.75. The van der Waals surface area contributed by atoms with Gasteiger partial charge in [-0.15, -0.1) is 0 Å². The van der Waals surface area contributed by atoms with Crippen LogP contribution in [-0.2, 0) is 0 Å². The molecule has 1 unspecified atom stereocenters. The number of benzene rings is 2. The standard InChI is InChI=1S/C23H17FN8/c1-14(17-11-29-31(12-17)19-8-3-2-7-18(19)24)32-23-20(22(26)27-13-28-23)21(30-32)16-6-4-5-15(9-16)10-25/h2-9,11-14H,1H3,(H2,26,27,28). The summed E-state index contributed by atoms with van der Waals surface area (Å²) in [4.78, 5) is 8.54. The van der Waals surface area contributed by atoms with Crippen molar-refractivity contribution < 1.29 is 4.39 Å². The highest BCUT2D eigenvalue weighted by molar-refractivity contribution is 5.98. The first-order chi connectivity index (χ1) is 15.6. The zero-order valence-corrected chi connectivity index (χ0v) is 17.0. The van der Waals surface area contributed by atoms with Crippen LogP contribution in [0.15, 0.2) is 67.3 Å². The minimum absolute atomic E-state index is 0.278. The van der Waals surface area contributed by atoms with Crippen LogP contribution in [0.4, 0.5) is 10.2 Å². The quantitative estimate of drug-likeness (QED) is 0.469. The molecular formula is C23H17FN8. The molecule has 2 aromatic carbocycles. The average molecular weight is 424 g/mol. The van der Waals surface area contributed by atoms with Crippen LogP contribution >= 0.6 is 0 Å². The lowest BCUT2D eigenvalue weighted by Gasteiger charge is -2.11. The van der Waals surface area contributed by atoms with Gasteiger partial charge in [-0.1, -0.05) is 24.3 Å². The number of aromatic nitrogens is 6. The van der Waals surface area contributed by atoms with Crippen LogP contribution < -0.4 is 5.73 Å². The monoisotopic (exact) mass is 424 g/mol. The lowest BCUT2D eigenvalue weighted by atomic mass is 10.1. The van der Waals surface area contributed by atoms with Gasteiger partial charge in [0, 0.05) is 17.3 Å². The Bertz CT molecular complexity index is 1490. The van der Waals surface area contributed by atoms with Crippen LogP contribution in [0.5, 0.6) is 0 Å². The van der Waals surface area contributed by atoms with Crippen LogP contribution in [0.25, 0.3) is 28.0 Å². The van der Waals surface area contributed by atoms with Crippen molar-refractivity contribution in [1.29, 1.82) is 5.26 Å². The van der Waals surface area contributed by atoms with Gasteiger partial charge in [0.1, 0.15) is 29.3 Å². The maximum atomic E-state index is 14.2. The second-order valence-corrected chi connectivity index (χ2v) is 7.29. The summed E-state index contributed by atoms with van der Waals surface area (Å²) in [5.74, 6) is -0.0626. The van der Waals surface area contributed by atoms with Gasteiger partial charge in [0.15, 0.2) is 5.65 Å². The number of nitrogens with two attached hydrogens (primary N) is 1. The fourth-order valence-corrected chi connectivity index (χ4v) is 3.67. The summed E-state index contributed by atoms with van der Waals surface area (Å²) >= 11 is 0. The van der Waals surface area contributed by atoms with Gasteiger partial charge in [-0.2, -0.15) is 15.5 Å². The first-order valence-corrected chi connectivity index (χ1v) is 9.85. The molecule has 0 aliphatic rings. The Labute approximate surface area is 182 Å². The van der Waals surface area contributed by atoms with E-state index >= 15 is 0 Å². The summed E-state index contributed by atoms with van der Waals surface area (Å²) in [6, 6.07) is 15.4. The second-order valence-electron chi connectivity index (χ2n) is 7.29. The van der Waals surface area contributed by atoms with Gasteiger partial charge >= 0.3 is 0 Å². The molecule has 3 heterocycles. The molecule has 0 saturated carbocycles. The summed E-state index contributed by atoms with van der Waals surface area (Å²) in [7, 11) is 0. The molecule has 3 aromatic heterocycles. The molecule has 0 radical (unpaired) electrons. The van der Waals surface area contributed by atoms with E-state index in [2.05, 4.69) is 21.1 Å². The molecule has 0 bridgehead atoms. The molecule has 0 amide bonds. The molecule has 0 aliphatic carbocycles. The number of nitrogen functional groups attached to an aromatic ring is 1. The van der Waals surface area contributed by atoms with E-state index < -0.39 is 0 Å². The molecule has 0 aliphatic heterocycles. The van der Waals surface area contributed by atoms with Gasteiger partial charge in [-0.25, -0.2) is 23.7 Å². The third-order valence-corrected chi connectivity index (χ3v) is 5.33. The van der Waals surface area contributed by atoms with Crippen molar-refractivity contribution in [3.05, 3.63) is 84.2 Å². The van der Waals surface area contributed by atoms with Crippen LogP contribution in [0.2, 0.25) is 0 Å². The van der Waals surface area contributed by atoms with Crippen molar-refractivity contribution in [2.24, 2.45) is 0 Å². The van der Waals surface area contributed by atoms with Crippen molar-refractivity contribution in [2.75, 3.05) is 5.73 Å². The number of nitriles is 1. The molecule has 0 spiro atoms. The average Bonchev–Trinajstić information content (AvgIpc) is 3.45. The van der Waals surface area contributed by atoms with E-state index in [0.717, 1.165) is 11.1 Å². The number of fused-ring (bicyclic) bond motifs is 1. The van der Waals surface area contributed by atoms with Crippen molar-refractivity contribution in [3.63, 3.8) is 0 Å². The molecule has 2 N–H and O–H groups in total. The topological polar surface area (TPSA) is 111 Å². The van der Waals surface area contributed by atoms with Crippen LogP contribution in [-0.4, -0.2) is 29.5 Å². The van der Waals surface area contributed by atoms with E-state index in [9.17, 15) is 9.65 Å². The highest BCUT2D eigenvalue weighted by Crippen LogP contribution is 2.33. The maximum absolute atomic E-state index is 14.2. The van der Waals surface area contributed by atoms with E-state index in [1.54, 1.807) is 53.5 Å². The molecule has 0 saturated heterocycles. The number of nitrogens with zero attached hydrogens (tertiary/aromatic N) is 7. The zero-order chi connectivity index (χ0) is 22.2. The SMILES string of the molecule is CC(c1cnn(-c2ccccc2F)c1)n1nc(-c2cccc(C#N)c2)c2c(N)ncnc21. The fraction of sp³-hybridized carbons (Fsp3) is 0.0870. The van der Waals surface area contributed by atoms with Crippen molar-refractivity contribution in [3.8, 4) is 23.0 Å². The third kappa shape index (κ3) is 3.15. The Morgan fingerprint density at radius 2 is 1.97 bits per heavy atom. The van der Waals surface area contributed by atoms with Gasteiger partial charge in [0.25, 0.3) is 0 Å². The highest BCUT2D eigenvalue weighted by atomic mass is 19.1. The zero-order valence-electron chi connectivity index (χ0n) is 17.0. The lowest BCUT2D eigenvalue weighted by molar-refractivity contribution is 0.580. The van der Waals surface area contributed by atoms with Gasteiger partial charge < -0.3 is 5.73 Å². The molecule has 5 rings (SSSR count). The smallest absolute Gasteiger partial charge is 0.164 e. The van der Waals surface area contributed by atoms with Crippen molar-refractivity contribution in [1.82, 2.24) is 29.5 Å². The molecular weight excluding hydrogens is 407 g/mol. The normalized spacial score (nSPS) is 12.0. The van der Waals surface area contributed by atoms with E-state index in [1.807, 2.05) is 13.0 Å². The lowest BCUT2D eigenvalue weighted by Crippen LogP contribution is -2.09. The minimum atomic E-state index is -0.362. The van der Waals surface area contributed by atoms with Gasteiger partial charge in [-0.05, 0) is 31.2 Å². The third-order valence-electron chi connectivity index (χ3n) is 5.33. The maximum Gasteiger partial charge on any atom is 0.164 e. The van der Waals surface area contributed by atoms with Gasteiger partial charge in [0.2, 0.25) is 0 Å². The van der Waals surface area contributed by atoms with Crippen LogP contribution in [0.1, 0.15) is 24.1 Å². The molecule has 1 atom stereocenters. The molecule has 32 heavy (non-hydrogen) atoms. The Balaban J connectivity index is 1.63. The van der Waals surface area contributed by atoms with E-state index in [1.165, 1.54) is 17.1 Å². The molecule has 156 valence electrons. The Hall–Kier alpha value is -4.58. The number of hydrogen-bond donors (Lipinski definition) is 1. The number of halogens is 1. The first kappa shape index (κ1) is 19.4. The van der Waals surface area contributed by atoms with Crippen molar-refractivity contribution >= 4 is 16.9 Å². The first-order valence-electron chi connectivity index (χ1n) is 9.85. The Kier molecular flexibility index (Phi) is 4.60. The van der Waals surface area contributed by atoms with Crippen LogP contribution in [0.3, 0.4) is 0 Å². The number of rotatable bonds is 4. The van der Waals surface area contributed by atoms with Gasteiger partial charge in [0.05, 0.1) is 29.3 Å². The van der Waals surface area contributed by atoms with Crippen molar-refractivity contribution in [2.45, 2.75) is 13.0 Å². The largest absolute Gasteiger partial charge is 0.383 e. The summed E-state index contributed by atoms with van der Waals surface area (Å²) in [6.07, 6.45) is 4.82. The molecule has 5 aromatic rings. The highest BCUT2D eigenvalue weighted by Gasteiger charge is 2.22. The van der Waals surface area contributed by atoms with Gasteiger partial charge in [-0.3, -0.25) is 0 Å². The molecule has 0 fully saturated rings. The Morgan fingerprint density at radius 1 is 1.12 bits per heavy atom. The number of para-hydroxylation sites is 1. The Morgan fingerprint density at radius 3 is 2.78 bits per heavy atom. The fourth-order valence-electron chi connectivity index (χ4n) is 3.67. The summed E-state index contributed by atoms with van der Waals surface area (Å²) in [5, 5.41) is 19.0. The summed E-state index contributed by atoms with van der Waals surface area (Å²) < 4.78 is 17.4. The van der Waals surface area contributed by atoms with E-state index in [-0.39, 0.29) is 11.9 Å². The number of hydrogen-bond acceptors (Lipinski definition) is 6. The van der Waals surface area contributed by atoms with E-state index in [0.29, 0.717) is 33.8 Å². The molecule has 9 heteroatoms. The van der Waals surface area contributed by atoms with E-state index in [4.69, 9.17) is 10.8 Å². The predicted octanol–water partition coefficient (Wildman–Crippen LogP) is 3.88. The predicted molar refractivity (Wildman–Crippen MR) is 117 cm³/mol. The van der Waals surface area contributed by atoms with Crippen LogP contribution in [0, 0.1) is 17.1 Å². The minimum Gasteiger partial charge on any atom is -0.383 e. The second kappa shape index (κ2) is 7.59. The molecule has 8 nitrogen and oxygen atoms in total.